The first kappa shape index (κ1) is 17.9. The molecule has 0 bridgehead atoms. The second kappa shape index (κ2) is 7.90. The zero-order valence-corrected chi connectivity index (χ0v) is 16.2. The molecule has 2 aromatic heterocycles. The van der Waals surface area contributed by atoms with E-state index in [0.717, 1.165) is 9.35 Å². The van der Waals surface area contributed by atoms with Gasteiger partial charge >= 0.3 is 0 Å². The molecule has 2 aromatic rings. The Hall–Kier alpha value is -1.43. The van der Waals surface area contributed by atoms with Gasteiger partial charge in [-0.2, -0.15) is 5.26 Å². The number of hydrogen-bond donors (Lipinski definition) is 0. The van der Waals surface area contributed by atoms with Crippen molar-refractivity contribution in [1.29, 1.82) is 5.26 Å². The Morgan fingerprint density at radius 3 is 2.83 bits per heavy atom. The van der Waals surface area contributed by atoms with E-state index in [1.807, 2.05) is 11.4 Å². The molecule has 0 aromatic carbocycles. The Bertz CT molecular complexity index is 769. The monoisotopic (exact) mass is 410 g/mol. The van der Waals surface area contributed by atoms with E-state index in [-0.39, 0.29) is 11.7 Å². The van der Waals surface area contributed by atoms with Gasteiger partial charge in [-0.25, -0.2) is 9.97 Å². The summed E-state index contributed by atoms with van der Waals surface area (Å²) in [6.45, 7) is 4.13. The van der Waals surface area contributed by atoms with Gasteiger partial charge in [0, 0.05) is 21.8 Å². The van der Waals surface area contributed by atoms with Gasteiger partial charge in [0.25, 0.3) is 0 Å². The molecule has 2 rings (SSSR count). The fourth-order valence-corrected chi connectivity index (χ4v) is 4.43. The summed E-state index contributed by atoms with van der Waals surface area (Å²) in [4.78, 5) is 23.5. The Balaban J connectivity index is 2.00. The second-order valence-electron chi connectivity index (χ2n) is 4.92. The minimum absolute atomic E-state index is 0.00247. The van der Waals surface area contributed by atoms with Crippen molar-refractivity contribution in [3.63, 3.8) is 0 Å². The number of aryl methyl sites for hydroxylation is 2. The third-order valence-corrected chi connectivity index (χ3v) is 5.70. The lowest BCUT2D eigenvalue weighted by atomic mass is 10.3. The SMILES string of the molecule is Cc1nc(C)c(C#N)c(SCC(=O)N(C)Cc2cc(Br)cs2)n1. The maximum Gasteiger partial charge on any atom is 0.233 e. The maximum absolute atomic E-state index is 12.3. The highest BCUT2D eigenvalue weighted by molar-refractivity contribution is 9.10. The molecule has 0 saturated carbocycles. The highest BCUT2D eigenvalue weighted by atomic mass is 79.9. The molecule has 0 unspecified atom stereocenters. The normalized spacial score (nSPS) is 10.4. The molecule has 2 heterocycles. The van der Waals surface area contributed by atoms with Crippen molar-refractivity contribution in [2.24, 2.45) is 0 Å². The van der Waals surface area contributed by atoms with E-state index >= 15 is 0 Å². The summed E-state index contributed by atoms with van der Waals surface area (Å²) < 4.78 is 1.03. The third-order valence-electron chi connectivity index (χ3n) is 3.05. The zero-order valence-electron chi connectivity index (χ0n) is 13.0. The summed E-state index contributed by atoms with van der Waals surface area (Å²) in [7, 11) is 1.78. The van der Waals surface area contributed by atoms with Gasteiger partial charge in [-0.3, -0.25) is 4.79 Å². The summed E-state index contributed by atoms with van der Waals surface area (Å²) in [5.41, 5.74) is 1.09. The minimum Gasteiger partial charge on any atom is -0.340 e. The smallest absolute Gasteiger partial charge is 0.233 e. The lowest BCUT2D eigenvalue weighted by Gasteiger charge is -2.16. The Labute approximate surface area is 151 Å². The molecule has 0 atom stereocenters. The van der Waals surface area contributed by atoms with Gasteiger partial charge in [-0.1, -0.05) is 11.8 Å². The van der Waals surface area contributed by atoms with Crippen LogP contribution in [0, 0.1) is 25.2 Å². The van der Waals surface area contributed by atoms with Crippen LogP contribution in [0.2, 0.25) is 0 Å². The molecule has 8 heteroatoms. The van der Waals surface area contributed by atoms with Gasteiger partial charge in [0.05, 0.1) is 18.0 Å². The van der Waals surface area contributed by atoms with Crippen LogP contribution in [0.25, 0.3) is 0 Å². The number of thiophene rings is 1. The number of amides is 1. The number of carbonyl (C=O) groups is 1. The third kappa shape index (κ3) is 4.77. The van der Waals surface area contributed by atoms with Gasteiger partial charge in [0.1, 0.15) is 22.5 Å². The highest BCUT2D eigenvalue weighted by Crippen LogP contribution is 2.24. The van der Waals surface area contributed by atoms with E-state index in [2.05, 4.69) is 32.0 Å². The van der Waals surface area contributed by atoms with Crippen molar-refractivity contribution in [1.82, 2.24) is 14.9 Å². The first-order chi connectivity index (χ1) is 10.9. The van der Waals surface area contributed by atoms with E-state index < -0.39 is 0 Å². The molecule has 120 valence electrons. The minimum atomic E-state index is -0.00247. The van der Waals surface area contributed by atoms with Gasteiger partial charge < -0.3 is 4.90 Å². The topological polar surface area (TPSA) is 69.9 Å². The molecule has 0 spiro atoms. The molecular formula is C15H15BrN4OS2. The maximum atomic E-state index is 12.3. The lowest BCUT2D eigenvalue weighted by molar-refractivity contribution is -0.127. The number of carbonyl (C=O) groups excluding carboxylic acids is 1. The van der Waals surface area contributed by atoms with E-state index in [4.69, 9.17) is 0 Å². The molecular weight excluding hydrogens is 396 g/mol. The Morgan fingerprint density at radius 2 is 2.22 bits per heavy atom. The number of rotatable bonds is 5. The summed E-state index contributed by atoms with van der Waals surface area (Å²) in [5, 5.41) is 11.8. The standard InChI is InChI=1S/C15H15BrN4OS2/c1-9-13(5-17)15(19-10(2)18-9)23-8-14(21)20(3)6-12-4-11(16)7-22-12/h4,7H,6,8H2,1-3H3. The largest absolute Gasteiger partial charge is 0.340 e. The van der Waals surface area contributed by atoms with Crippen LogP contribution in [0.4, 0.5) is 0 Å². The van der Waals surface area contributed by atoms with Crippen molar-refractivity contribution in [2.75, 3.05) is 12.8 Å². The fourth-order valence-electron chi connectivity index (χ4n) is 1.91. The van der Waals surface area contributed by atoms with Crippen molar-refractivity contribution >= 4 is 44.9 Å². The number of aromatic nitrogens is 2. The first-order valence-corrected chi connectivity index (χ1v) is 9.41. The quantitative estimate of drug-likeness (QED) is 0.556. The van der Waals surface area contributed by atoms with Crippen molar-refractivity contribution in [3.8, 4) is 6.07 Å². The van der Waals surface area contributed by atoms with Crippen LogP contribution in [0.3, 0.4) is 0 Å². The molecule has 0 aliphatic rings. The second-order valence-corrected chi connectivity index (χ2v) is 7.79. The van der Waals surface area contributed by atoms with Crippen LogP contribution in [-0.2, 0) is 11.3 Å². The molecule has 0 radical (unpaired) electrons. The van der Waals surface area contributed by atoms with Crippen LogP contribution in [0.15, 0.2) is 20.9 Å². The molecule has 1 amide bonds. The molecule has 0 saturated heterocycles. The molecule has 0 aliphatic heterocycles. The van der Waals surface area contributed by atoms with E-state index in [1.165, 1.54) is 11.8 Å². The first-order valence-electron chi connectivity index (χ1n) is 6.75. The van der Waals surface area contributed by atoms with Crippen LogP contribution in [0.5, 0.6) is 0 Å². The van der Waals surface area contributed by atoms with Gasteiger partial charge in [0.2, 0.25) is 5.91 Å². The van der Waals surface area contributed by atoms with Gasteiger partial charge in [0.15, 0.2) is 0 Å². The average Bonchev–Trinajstić information content (AvgIpc) is 2.89. The number of halogens is 1. The number of nitriles is 1. The Kier molecular flexibility index (Phi) is 6.16. The van der Waals surface area contributed by atoms with Crippen LogP contribution >= 0.6 is 39.0 Å². The Morgan fingerprint density at radius 1 is 1.48 bits per heavy atom. The van der Waals surface area contributed by atoms with E-state index in [1.54, 1.807) is 37.1 Å². The van der Waals surface area contributed by atoms with Crippen molar-refractivity contribution in [3.05, 3.63) is 37.9 Å². The van der Waals surface area contributed by atoms with Gasteiger partial charge in [-0.05, 0) is 35.8 Å². The fraction of sp³-hybridized carbons (Fsp3) is 0.333. The summed E-state index contributed by atoms with van der Waals surface area (Å²) in [6.07, 6.45) is 0. The van der Waals surface area contributed by atoms with Crippen LogP contribution < -0.4 is 0 Å². The van der Waals surface area contributed by atoms with Gasteiger partial charge in [-0.15, -0.1) is 11.3 Å². The number of thioether (sulfide) groups is 1. The predicted molar refractivity (Wildman–Crippen MR) is 95.4 cm³/mol. The van der Waals surface area contributed by atoms with Crippen molar-refractivity contribution in [2.45, 2.75) is 25.4 Å². The molecule has 5 nitrogen and oxygen atoms in total. The molecule has 23 heavy (non-hydrogen) atoms. The summed E-state index contributed by atoms with van der Waals surface area (Å²) in [5.74, 6) is 0.846. The number of hydrogen-bond acceptors (Lipinski definition) is 6. The van der Waals surface area contributed by atoms with E-state index in [9.17, 15) is 10.1 Å². The van der Waals surface area contributed by atoms with Crippen LogP contribution in [-0.4, -0.2) is 33.6 Å². The average molecular weight is 411 g/mol. The summed E-state index contributed by atoms with van der Waals surface area (Å²) >= 11 is 6.30. The predicted octanol–water partition coefficient (Wildman–Crippen LogP) is 3.54. The van der Waals surface area contributed by atoms with Crippen LogP contribution in [0.1, 0.15) is 22.0 Å². The molecule has 0 N–H and O–H groups in total. The highest BCUT2D eigenvalue weighted by Gasteiger charge is 2.15. The lowest BCUT2D eigenvalue weighted by Crippen LogP contribution is -2.27. The molecule has 0 aliphatic carbocycles. The van der Waals surface area contributed by atoms with Crippen molar-refractivity contribution < 1.29 is 4.79 Å². The molecule has 0 fully saturated rings. The summed E-state index contributed by atoms with van der Waals surface area (Å²) in [6, 6.07) is 4.12. The van der Waals surface area contributed by atoms with E-state index in [0.29, 0.717) is 28.7 Å². The number of nitrogens with zero attached hydrogens (tertiary/aromatic N) is 4. The zero-order chi connectivity index (χ0) is 17.0.